The number of hydrogen-bond acceptors (Lipinski definition) is 4. The highest BCUT2D eigenvalue weighted by molar-refractivity contribution is 7.91. The third-order valence-corrected chi connectivity index (χ3v) is 4.65. The van der Waals surface area contributed by atoms with E-state index in [1.165, 1.54) is 0 Å². The number of sulfone groups is 1. The van der Waals surface area contributed by atoms with Gasteiger partial charge >= 0.3 is 0 Å². The molecule has 0 spiro atoms. The van der Waals surface area contributed by atoms with Crippen LogP contribution in [0.2, 0.25) is 0 Å². The van der Waals surface area contributed by atoms with Crippen molar-refractivity contribution in [3.05, 3.63) is 59.2 Å². The Morgan fingerprint density at radius 3 is 2.36 bits per heavy atom. The van der Waals surface area contributed by atoms with Crippen molar-refractivity contribution in [3.8, 4) is 5.75 Å². The van der Waals surface area contributed by atoms with Gasteiger partial charge in [-0.25, -0.2) is 8.42 Å². The summed E-state index contributed by atoms with van der Waals surface area (Å²) >= 11 is 0. The number of nitrogens with zero attached hydrogens (tertiary/aromatic N) is 1. The van der Waals surface area contributed by atoms with Gasteiger partial charge in [0.2, 0.25) is 0 Å². The average molecular weight is 317 g/mol. The van der Waals surface area contributed by atoms with Crippen LogP contribution in [0.3, 0.4) is 0 Å². The first-order valence-electron chi connectivity index (χ1n) is 6.86. The number of rotatable bonds is 5. The molecular weight excluding hydrogens is 298 g/mol. The maximum absolute atomic E-state index is 12.2. The van der Waals surface area contributed by atoms with Crippen molar-refractivity contribution in [2.24, 2.45) is 4.99 Å². The zero-order valence-electron chi connectivity index (χ0n) is 12.9. The third kappa shape index (κ3) is 4.18. The lowest BCUT2D eigenvalue weighted by atomic mass is 10.1. The highest BCUT2D eigenvalue weighted by Crippen LogP contribution is 2.16. The van der Waals surface area contributed by atoms with Crippen molar-refractivity contribution < 1.29 is 13.2 Å². The predicted octanol–water partition coefficient (Wildman–Crippen LogP) is 3.16. The second kappa shape index (κ2) is 6.75. The zero-order valence-corrected chi connectivity index (χ0v) is 13.7. The standard InChI is InChI=1S/C17H19NO3S/c1-13-4-6-17(7-5-13)22(19,20)12-18-11-15-8-14(2)9-16(10-15)21-3/h4-11H,12H2,1-3H3. The van der Waals surface area contributed by atoms with Crippen molar-refractivity contribution in [1.29, 1.82) is 0 Å². The number of aliphatic imine (C=N–C) groups is 1. The van der Waals surface area contributed by atoms with Gasteiger partial charge in [0, 0.05) is 6.21 Å². The highest BCUT2D eigenvalue weighted by Gasteiger charge is 2.12. The largest absolute Gasteiger partial charge is 0.497 e. The van der Waals surface area contributed by atoms with E-state index in [0.717, 1.165) is 22.4 Å². The summed E-state index contributed by atoms with van der Waals surface area (Å²) in [4.78, 5) is 4.35. The second-order valence-electron chi connectivity index (χ2n) is 5.15. The molecule has 2 aromatic rings. The molecule has 0 saturated heterocycles. The molecule has 0 heterocycles. The van der Waals surface area contributed by atoms with Gasteiger partial charge in [-0.05, 0) is 49.2 Å². The summed E-state index contributed by atoms with van der Waals surface area (Å²) in [7, 11) is -1.81. The first-order valence-corrected chi connectivity index (χ1v) is 8.51. The number of aryl methyl sites for hydroxylation is 2. The number of methoxy groups -OCH3 is 1. The lowest BCUT2D eigenvalue weighted by molar-refractivity contribution is 0.414. The molecule has 0 aliphatic heterocycles. The number of hydrogen-bond donors (Lipinski definition) is 0. The van der Waals surface area contributed by atoms with E-state index in [2.05, 4.69) is 4.99 Å². The smallest absolute Gasteiger partial charge is 0.198 e. The molecule has 2 aromatic carbocycles. The van der Waals surface area contributed by atoms with E-state index >= 15 is 0 Å². The molecule has 0 aliphatic rings. The van der Waals surface area contributed by atoms with Crippen LogP contribution < -0.4 is 4.74 Å². The summed E-state index contributed by atoms with van der Waals surface area (Å²) in [6, 6.07) is 12.4. The molecule has 0 bridgehead atoms. The fourth-order valence-electron chi connectivity index (χ4n) is 2.03. The molecule has 0 aliphatic carbocycles. The van der Waals surface area contributed by atoms with Gasteiger partial charge in [0.15, 0.2) is 9.84 Å². The van der Waals surface area contributed by atoms with Gasteiger partial charge in [0.25, 0.3) is 0 Å². The highest BCUT2D eigenvalue weighted by atomic mass is 32.2. The fraction of sp³-hybridized carbons (Fsp3) is 0.235. The van der Waals surface area contributed by atoms with Gasteiger partial charge in [0.1, 0.15) is 11.6 Å². The molecule has 0 aromatic heterocycles. The minimum absolute atomic E-state index is 0.272. The van der Waals surface area contributed by atoms with Crippen LogP contribution in [-0.2, 0) is 9.84 Å². The summed E-state index contributed by atoms with van der Waals surface area (Å²) in [6.45, 7) is 3.86. The minimum Gasteiger partial charge on any atom is -0.497 e. The van der Waals surface area contributed by atoms with Gasteiger partial charge in [-0.15, -0.1) is 0 Å². The van der Waals surface area contributed by atoms with Crippen molar-refractivity contribution >= 4 is 16.1 Å². The molecule has 0 unspecified atom stereocenters. The van der Waals surface area contributed by atoms with E-state index in [0.29, 0.717) is 0 Å². The SMILES string of the molecule is COc1cc(C)cc(C=NCS(=O)(=O)c2ccc(C)cc2)c1. The van der Waals surface area contributed by atoms with E-state index in [4.69, 9.17) is 4.74 Å². The molecule has 0 saturated carbocycles. The van der Waals surface area contributed by atoms with Crippen LogP contribution in [0.1, 0.15) is 16.7 Å². The summed E-state index contributed by atoms with van der Waals surface area (Å²) in [5, 5.41) is 0. The molecule has 2 rings (SSSR count). The van der Waals surface area contributed by atoms with Crippen molar-refractivity contribution in [2.45, 2.75) is 18.7 Å². The average Bonchev–Trinajstić information content (AvgIpc) is 2.47. The monoisotopic (exact) mass is 317 g/mol. The summed E-state index contributed by atoms with van der Waals surface area (Å²) < 4.78 is 29.6. The van der Waals surface area contributed by atoms with Crippen LogP contribution in [-0.4, -0.2) is 27.6 Å². The maximum Gasteiger partial charge on any atom is 0.198 e. The molecule has 0 atom stereocenters. The molecule has 0 radical (unpaired) electrons. The van der Waals surface area contributed by atoms with Gasteiger partial charge < -0.3 is 4.74 Å². The topological polar surface area (TPSA) is 55.7 Å². The Balaban J connectivity index is 2.14. The molecule has 0 fully saturated rings. The molecule has 0 N–H and O–H groups in total. The fourth-order valence-corrected chi connectivity index (χ4v) is 3.00. The molecule has 116 valence electrons. The third-order valence-electron chi connectivity index (χ3n) is 3.17. The Hall–Kier alpha value is -2.14. The van der Waals surface area contributed by atoms with Crippen LogP contribution >= 0.6 is 0 Å². The van der Waals surface area contributed by atoms with Crippen LogP contribution in [0.25, 0.3) is 0 Å². The first kappa shape index (κ1) is 16.2. The molecule has 5 heteroatoms. The van der Waals surface area contributed by atoms with Crippen molar-refractivity contribution in [2.75, 3.05) is 13.0 Å². The van der Waals surface area contributed by atoms with Gasteiger partial charge in [-0.1, -0.05) is 23.8 Å². The Labute approximate surface area is 131 Å². The summed E-state index contributed by atoms with van der Waals surface area (Å²) in [5.74, 6) is 0.453. The van der Waals surface area contributed by atoms with Crippen molar-refractivity contribution in [3.63, 3.8) is 0 Å². The van der Waals surface area contributed by atoms with Gasteiger partial charge in [0.05, 0.1) is 12.0 Å². The van der Waals surface area contributed by atoms with Crippen molar-refractivity contribution in [1.82, 2.24) is 0 Å². The predicted molar refractivity (Wildman–Crippen MR) is 88.6 cm³/mol. The molecule has 4 nitrogen and oxygen atoms in total. The Bertz CT molecular complexity index is 778. The van der Waals surface area contributed by atoms with Crippen LogP contribution in [0, 0.1) is 13.8 Å². The Kier molecular flexibility index (Phi) is 4.98. The lowest BCUT2D eigenvalue weighted by Gasteiger charge is -2.04. The lowest BCUT2D eigenvalue weighted by Crippen LogP contribution is -2.05. The maximum atomic E-state index is 12.2. The Morgan fingerprint density at radius 1 is 1.05 bits per heavy atom. The second-order valence-corrected chi connectivity index (χ2v) is 7.11. The van der Waals surface area contributed by atoms with E-state index in [9.17, 15) is 8.42 Å². The summed E-state index contributed by atoms with van der Waals surface area (Å²) in [6.07, 6.45) is 1.56. The van der Waals surface area contributed by atoms with Crippen LogP contribution in [0.4, 0.5) is 0 Å². The van der Waals surface area contributed by atoms with Gasteiger partial charge in [-0.3, -0.25) is 4.99 Å². The van der Waals surface area contributed by atoms with Crippen LogP contribution in [0.5, 0.6) is 5.75 Å². The summed E-state index contributed by atoms with van der Waals surface area (Å²) in [5.41, 5.74) is 2.87. The number of ether oxygens (including phenoxy) is 1. The quantitative estimate of drug-likeness (QED) is 0.796. The number of benzene rings is 2. The Morgan fingerprint density at radius 2 is 1.73 bits per heavy atom. The zero-order chi connectivity index (χ0) is 16.2. The first-order chi connectivity index (χ1) is 10.4. The molecular formula is C17H19NO3S. The normalized spacial score (nSPS) is 11.8. The van der Waals surface area contributed by atoms with Gasteiger partial charge in [-0.2, -0.15) is 0 Å². The molecule has 0 amide bonds. The van der Waals surface area contributed by atoms with E-state index in [1.54, 1.807) is 37.6 Å². The molecule has 22 heavy (non-hydrogen) atoms. The van der Waals surface area contributed by atoms with E-state index < -0.39 is 9.84 Å². The van der Waals surface area contributed by atoms with Crippen LogP contribution in [0.15, 0.2) is 52.4 Å². The van der Waals surface area contributed by atoms with E-state index in [1.807, 2.05) is 32.0 Å². The minimum atomic E-state index is -3.40. The van der Waals surface area contributed by atoms with E-state index in [-0.39, 0.29) is 10.8 Å².